The predicted octanol–water partition coefficient (Wildman–Crippen LogP) is 2.56. The first kappa shape index (κ1) is 19.1. The summed E-state index contributed by atoms with van der Waals surface area (Å²) in [7, 11) is 0. The summed E-state index contributed by atoms with van der Waals surface area (Å²) in [5.74, 6) is -0.841. The maximum atomic E-state index is 12.5. The number of rotatable bonds is 6. The summed E-state index contributed by atoms with van der Waals surface area (Å²) in [6.07, 6.45) is 0. The fraction of sp³-hybridized carbons (Fsp3) is 0.235. The summed E-state index contributed by atoms with van der Waals surface area (Å²) in [5.41, 5.74) is 8.66. The zero-order valence-corrected chi connectivity index (χ0v) is 16.6. The molecule has 2 amide bonds. The van der Waals surface area contributed by atoms with Gasteiger partial charge >= 0.3 is 0 Å². The molecule has 0 spiro atoms. The van der Waals surface area contributed by atoms with E-state index < -0.39 is 11.2 Å². The van der Waals surface area contributed by atoms with Crippen molar-refractivity contribution < 1.29 is 9.59 Å². The second-order valence-corrected chi connectivity index (χ2v) is 8.09. The monoisotopic (exact) mass is 402 g/mol. The van der Waals surface area contributed by atoms with Crippen molar-refractivity contribution in [3.05, 3.63) is 46.3 Å². The van der Waals surface area contributed by atoms with Crippen LogP contribution in [0.3, 0.4) is 0 Å². The van der Waals surface area contributed by atoms with Crippen LogP contribution in [-0.4, -0.2) is 37.3 Å². The first-order valence-corrected chi connectivity index (χ1v) is 9.84. The van der Waals surface area contributed by atoms with Crippen LogP contribution in [0.15, 0.2) is 34.8 Å². The van der Waals surface area contributed by atoms with Gasteiger partial charge in [0, 0.05) is 0 Å². The standard InChI is InChI=1S/C17H18N6O2S2/c1-9-5-4-6-13(10(9)2)23-17(20-21-22-23)27-11(3)15(25)19-16-12(14(18)24)7-8-26-16/h4-8,11H,1-3H3,(H2,18,24)(H,19,25)/t11-/m0/s1. The van der Waals surface area contributed by atoms with Crippen molar-refractivity contribution in [3.63, 3.8) is 0 Å². The number of primary amides is 1. The van der Waals surface area contributed by atoms with Crippen molar-refractivity contribution in [2.24, 2.45) is 5.73 Å². The normalized spacial score (nSPS) is 12.0. The number of aromatic nitrogens is 4. The van der Waals surface area contributed by atoms with Crippen molar-refractivity contribution in [1.82, 2.24) is 20.2 Å². The Labute approximate surface area is 164 Å². The molecule has 3 rings (SSSR count). The number of thioether (sulfide) groups is 1. The second kappa shape index (κ2) is 7.89. The van der Waals surface area contributed by atoms with Crippen molar-refractivity contribution in [2.75, 3.05) is 5.32 Å². The first-order chi connectivity index (χ1) is 12.9. The molecule has 0 aliphatic rings. The van der Waals surface area contributed by atoms with E-state index in [0.717, 1.165) is 16.8 Å². The highest BCUT2D eigenvalue weighted by atomic mass is 32.2. The minimum Gasteiger partial charge on any atom is -0.366 e. The van der Waals surface area contributed by atoms with Crippen LogP contribution in [0, 0.1) is 13.8 Å². The van der Waals surface area contributed by atoms with Gasteiger partial charge in [-0.3, -0.25) is 9.59 Å². The van der Waals surface area contributed by atoms with Crippen LogP contribution in [0.5, 0.6) is 0 Å². The molecule has 0 radical (unpaired) electrons. The smallest absolute Gasteiger partial charge is 0.251 e. The Morgan fingerprint density at radius 2 is 2.07 bits per heavy atom. The topological polar surface area (TPSA) is 116 Å². The van der Waals surface area contributed by atoms with Gasteiger partial charge in [0.15, 0.2) is 0 Å². The fourth-order valence-electron chi connectivity index (χ4n) is 2.39. The molecule has 0 bridgehead atoms. The van der Waals surface area contributed by atoms with Crippen LogP contribution in [0.25, 0.3) is 5.69 Å². The summed E-state index contributed by atoms with van der Waals surface area (Å²) < 4.78 is 1.62. The van der Waals surface area contributed by atoms with Crippen LogP contribution in [0.4, 0.5) is 5.00 Å². The second-order valence-electron chi connectivity index (χ2n) is 5.87. The molecule has 0 aliphatic carbocycles. The zero-order valence-electron chi connectivity index (χ0n) is 15.0. The van der Waals surface area contributed by atoms with E-state index in [1.807, 2.05) is 32.0 Å². The molecule has 3 N–H and O–H groups in total. The van der Waals surface area contributed by atoms with E-state index in [-0.39, 0.29) is 5.91 Å². The number of hydrogen-bond donors (Lipinski definition) is 2. The molecule has 2 heterocycles. The van der Waals surface area contributed by atoms with E-state index in [4.69, 9.17) is 5.73 Å². The maximum absolute atomic E-state index is 12.5. The summed E-state index contributed by atoms with van der Waals surface area (Å²) in [6.45, 7) is 5.77. The predicted molar refractivity (Wildman–Crippen MR) is 105 cm³/mol. The van der Waals surface area contributed by atoms with E-state index in [1.165, 1.54) is 23.1 Å². The molecule has 0 saturated heterocycles. The zero-order chi connectivity index (χ0) is 19.6. The average Bonchev–Trinajstić information content (AvgIpc) is 3.26. The molecule has 2 aromatic heterocycles. The summed E-state index contributed by atoms with van der Waals surface area (Å²) in [6, 6.07) is 7.47. The van der Waals surface area contributed by atoms with E-state index in [0.29, 0.717) is 15.7 Å². The molecule has 1 aromatic carbocycles. The number of carbonyl (C=O) groups excluding carboxylic acids is 2. The molecular weight excluding hydrogens is 384 g/mol. The quantitative estimate of drug-likeness (QED) is 0.612. The van der Waals surface area contributed by atoms with E-state index >= 15 is 0 Å². The van der Waals surface area contributed by atoms with Crippen LogP contribution < -0.4 is 11.1 Å². The van der Waals surface area contributed by atoms with Gasteiger partial charge in [-0.15, -0.1) is 16.4 Å². The SMILES string of the molecule is Cc1cccc(-n2nnnc2S[C@@H](C)C(=O)Nc2sccc2C(N)=O)c1C. The van der Waals surface area contributed by atoms with Gasteiger partial charge in [-0.05, 0) is 59.8 Å². The molecule has 0 aliphatic heterocycles. The molecular formula is C17H18N6O2S2. The van der Waals surface area contributed by atoms with Gasteiger partial charge in [0.25, 0.3) is 5.91 Å². The molecule has 8 nitrogen and oxygen atoms in total. The molecule has 0 unspecified atom stereocenters. The van der Waals surface area contributed by atoms with Crippen molar-refractivity contribution in [2.45, 2.75) is 31.2 Å². The van der Waals surface area contributed by atoms with Gasteiger partial charge in [0.1, 0.15) is 5.00 Å². The lowest BCUT2D eigenvalue weighted by Crippen LogP contribution is -2.24. The molecule has 3 aromatic rings. The Morgan fingerprint density at radius 1 is 1.30 bits per heavy atom. The maximum Gasteiger partial charge on any atom is 0.251 e. The lowest BCUT2D eigenvalue weighted by atomic mass is 10.1. The van der Waals surface area contributed by atoms with Gasteiger partial charge in [-0.2, -0.15) is 4.68 Å². The highest BCUT2D eigenvalue weighted by Crippen LogP contribution is 2.28. The molecule has 140 valence electrons. The number of thiophene rings is 1. The van der Waals surface area contributed by atoms with E-state index in [9.17, 15) is 9.59 Å². The third kappa shape index (κ3) is 4.01. The third-order valence-electron chi connectivity index (χ3n) is 4.06. The molecule has 10 heteroatoms. The average molecular weight is 403 g/mol. The van der Waals surface area contributed by atoms with Gasteiger partial charge in [-0.1, -0.05) is 23.9 Å². The molecule has 1 atom stereocenters. The Bertz CT molecular complexity index is 997. The minimum absolute atomic E-state index is 0.263. The van der Waals surface area contributed by atoms with Crippen LogP contribution in [0.1, 0.15) is 28.4 Å². The lowest BCUT2D eigenvalue weighted by molar-refractivity contribution is -0.115. The highest BCUT2D eigenvalue weighted by molar-refractivity contribution is 8.00. The summed E-state index contributed by atoms with van der Waals surface area (Å²) >= 11 is 2.48. The number of hydrogen-bond acceptors (Lipinski definition) is 7. The number of benzene rings is 1. The Hall–Kier alpha value is -2.72. The number of carbonyl (C=O) groups is 2. The number of anilines is 1. The van der Waals surface area contributed by atoms with Crippen LogP contribution >= 0.6 is 23.1 Å². The van der Waals surface area contributed by atoms with Gasteiger partial charge in [-0.25, -0.2) is 0 Å². The Kier molecular flexibility index (Phi) is 5.57. The van der Waals surface area contributed by atoms with Gasteiger partial charge < -0.3 is 11.1 Å². The Balaban J connectivity index is 1.77. The van der Waals surface area contributed by atoms with Crippen LogP contribution in [-0.2, 0) is 4.79 Å². The van der Waals surface area contributed by atoms with Crippen molar-refractivity contribution >= 4 is 39.9 Å². The van der Waals surface area contributed by atoms with E-state index in [1.54, 1.807) is 23.1 Å². The van der Waals surface area contributed by atoms with Gasteiger partial charge in [0.05, 0.1) is 16.5 Å². The highest BCUT2D eigenvalue weighted by Gasteiger charge is 2.22. The summed E-state index contributed by atoms with van der Waals surface area (Å²) in [5, 5.41) is 16.8. The third-order valence-corrected chi connectivity index (χ3v) is 5.93. The van der Waals surface area contributed by atoms with Crippen LogP contribution in [0.2, 0.25) is 0 Å². The van der Waals surface area contributed by atoms with Crippen molar-refractivity contribution in [1.29, 1.82) is 0 Å². The minimum atomic E-state index is -0.578. The molecule has 0 fully saturated rings. The summed E-state index contributed by atoms with van der Waals surface area (Å²) in [4.78, 5) is 23.9. The largest absolute Gasteiger partial charge is 0.366 e. The molecule has 27 heavy (non-hydrogen) atoms. The first-order valence-electron chi connectivity index (χ1n) is 8.08. The number of amides is 2. The van der Waals surface area contributed by atoms with Gasteiger partial charge in [0.2, 0.25) is 11.1 Å². The Morgan fingerprint density at radius 3 is 2.81 bits per heavy atom. The van der Waals surface area contributed by atoms with E-state index in [2.05, 4.69) is 20.8 Å². The fourth-order valence-corrected chi connectivity index (χ4v) is 3.99. The number of nitrogens with one attached hydrogen (secondary N) is 1. The number of tetrazole rings is 1. The number of nitrogens with two attached hydrogens (primary N) is 1. The number of aryl methyl sites for hydroxylation is 1. The lowest BCUT2D eigenvalue weighted by Gasteiger charge is -2.13. The van der Waals surface area contributed by atoms with Crippen molar-refractivity contribution in [3.8, 4) is 5.69 Å². The number of nitrogens with zero attached hydrogens (tertiary/aromatic N) is 4. The molecule has 0 saturated carbocycles.